The van der Waals surface area contributed by atoms with Crippen molar-refractivity contribution in [3.63, 3.8) is 0 Å². The number of amides is 1. The first-order valence-corrected chi connectivity index (χ1v) is 9.57. The molecule has 0 spiro atoms. The second kappa shape index (κ2) is 10.9. The molecule has 3 N–H and O–H groups in total. The Hall–Kier alpha value is -2.12. The van der Waals surface area contributed by atoms with E-state index in [1.165, 1.54) is 0 Å². The highest BCUT2D eigenvalue weighted by molar-refractivity contribution is 5.86. The lowest BCUT2D eigenvalue weighted by Gasteiger charge is -2.28. The minimum Gasteiger partial charge on any atom is -0.396 e. The Balaban J connectivity index is 1.82. The molecule has 2 rings (SSSR count). The van der Waals surface area contributed by atoms with Gasteiger partial charge in [-0.3, -0.25) is 9.79 Å². The average molecular weight is 377 g/mol. The van der Waals surface area contributed by atoms with Gasteiger partial charge in [0, 0.05) is 45.3 Å². The highest BCUT2D eigenvalue weighted by Gasteiger charge is 2.34. The van der Waals surface area contributed by atoms with Crippen molar-refractivity contribution in [2.24, 2.45) is 10.4 Å². The third kappa shape index (κ3) is 6.52. The number of hydrogen-bond acceptors (Lipinski definition) is 4. The standard InChI is InChI=1S/C20H32N4O3/c1-3-24(14-17-7-5-4-6-8-17)18(26)13-22-19(21-2)23-15-20(9-11-25)10-12-27-16-20/h4-8,25H,3,9-16H2,1-2H3,(H2,21,22,23). The minimum absolute atomic E-state index is 0.0265. The lowest BCUT2D eigenvalue weighted by atomic mass is 9.84. The quantitative estimate of drug-likeness (QED) is 0.442. The predicted octanol–water partition coefficient (Wildman–Crippen LogP) is 0.989. The van der Waals surface area contributed by atoms with Crippen LogP contribution in [0.2, 0.25) is 0 Å². The Labute approximate surface area is 161 Å². The second-order valence-electron chi connectivity index (χ2n) is 6.95. The minimum atomic E-state index is -0.0703. The molecule has 7 heteroatoms. The second-order valence-corrected chi connectivity index (χ2v) is 6.95. The van der Waals surface area contributed by atoms with Gasteiger partial charge in [-0.25, -0.2) is 0 Å². The molecular weight excluding hydrogens is 344 g/mol. The molecule has 0 saturated carbocycles. The number of carbonyl (C=O) groups excluding carboxylic acids is 1. The van der Waals surface area contributed by atoms with Crippen molar-refractivity contribution < 1.29 is 14.6 Å². The number of ether oxygens (including phenoxy) is 1. The number of rotatable bonds is 9. The first kappa shape index (κ1) is 21.2. The van der Waals surface area contributed by atoms with Crippen LogP contribution in [0.1, 0.15) is 25.3 Å². The number of carbonyl (C=O) groups is 1. The van der Waals surface area contributed by atoms with Gasteiger partial charge in [-0.1, -0.05) is 30.3 Å². The van der Waals surface area contributed by atoms with E-state index < -0.39 is 0 Å². The van der Waals surface area contributed by atoms with Gasteiger partial charge in [0.1, 0.15) is 0 Å². The average Bonchev–Trinajstić information content (AvgIpc) is 3.16. The van der Waals surface area contributed by atoms with E-state index in [2.05, 4.69) is 15.6 Å². The monoisotopic (exact) mass is 376 g/mol. The van der Waals surface area contributed by atoms with Crippen LogP contribution in [0.3, 0.4) is 0 Å². The number of likely N-dealkylation sites (N-methyl/N-ethyl adjacent to an activating group) is 1. The maximum absolute atomic E-state index is 12.6. The first-order chi connectivity index (χ1) is 13.1. The molecule has 150 valence electrons. The summed E-state index contributed by atoms with van der Waals surface area (Å²) >= 11 is 0. The normalized spacial score (nSPS) is 19.7. The molecule has 0 aromatic heterocycles. The van der Waals surface area contributed by atoms with Crippen molar-refractivity contribution in [2.75, 3.05) is 46.5 Å². The summed E-state index contributed by atoms with van der Waals surface area (Å²) in [5, 5.41) is 15.7. The zero-order chi connectivity index (χ0) is 19.5. The first-order valence-electron chi connectivity index (χ1n) is 9.57. The third-order valence-electron chi connectivity index (χ3n) is 5.04. The van der Waals surface area contributed by atoms with Gasteiger partial charge in [-0.15, -0.1) is 0 Å². The maximum atomic E-state index is 12.6. The van der Waals surface area contributed by atoms with Crippen molar-refractivity contribution in [3.05, 3.63) is 35.9 Å². The van der Waals surface area contributed by atoms with Crippen LogP contribution < -0.4 is 10.6 Å². The molecule has 1 aliphatic heterocycles. The molecule has 0 aliphatic carbocycles. The third-order valence-corrected chi connectivity index (χ3v) is 5.04. The summed E-state index contributed by atoms with van der Waals surface area (Å²) in [6.07, 6.45) is 1.60. The van der Waals surface area contributed by atoms with Crippen molar-refractivity contribution in [3.8, 4) is 0 Å². The van der Waals surface area contributed by atoms with E-state index in [0.29, 0.717) is 38.6 Å². The lowest BCUT2D eigenvalue weighted by Crippen LogP contribution is -2.47. The van der Waals surface area contributed by atoms with Crippen LogP contribution in [0, 0.1) is 5.41 Å². The molecule has 1 saturated heterocycles. The van der Waals surface area contributed by atoms with E-state index in [-0.39, 0.29) is 24.5 Å². The van der Waals surface area contributed by atoms with Gasteiger partial charge in [0.2, 0.25) is 5.91 Å². The fraction of sp³-hybridized carbons (Fsp3) is 0.600. The fourth-order valence-corrected chi connectivity index (χ4v) is 3.25. The van der Waals surface area contributed by atoms with Gasteiger partial charge in [-0.2, -0.15) is 0 Å². The molecule has 0 bridgehead atoms. The Kier molecular flexibility index (Phi) is 8.54. The van der Waals surface area contributed by atoms with E-state index in [9.17, 15) is 9.90 Å². The molecule has 27 heavy (non-hydrogen) atoms. The molecule has 1 unspecified atom stereocenters. The number of benzene rings is 1. The van der Waals surface area contributed by atoms with Crippen LogP contribution >= 0.6 is 0 Å². The smallest absolute Gasteiger partial charge is 0.242 e. The molecule has 0 radical (unpaired) electrons. The number of hydrogen-bond donors (Lipinski definition) is 3. The molecular formula is C20H32N4O3. The van der Waals surface area contributed by atoms with Crippen LogP contribution in [0.15, 0.2) is 35.3 Å². The van der Waals surface area contributed by atoms with Crippen LogP contribution in [-0.4, -0.2) is 68.4 Å². The van der Waals surface area contributed by atoms with Crippen molar-refractivity contribution in [2.45, 2.75) is 26.3 Å². The number of aliphatic imine (C=N–C) groups is 1. The van der Waals surface area contributed by atoms with Gasteiger partial charge < -0.3 is 25.4 Å². The SMILES string of the molecule is CCN(Cc1ccccc1)C(=O)CNC(=NC)NCC1(CCO)CCOC1. The molecule has 1 heterocycles. The van der Waals surface area contributed by atoms with E-state index in [4.69, 9.17) is 4.74 Å². The van der Waals surface area contributed by atoms with Gasteiger partial charge >= 0.3 is 0 Å². The van der Waals surface area contributed by atoms with Crippen molar-refractivity contribution in [1.82, 2.24) is 15.5 Å². The lowest BCUT2D eigenvalue weighted by molar-refractivity contribution is -0.130. The van der Waals surface area contributed by atoms with E-state index >= 15 is 0 Å². The summed E-state index contributed by atoms with van der Waals surface area (Å²) in [6.45, 7) is 5.56. The predicted molar refractivity (Wildman–Crippen MR) is 106 cm³/mol. The molecule has 1 atom stereocenters. The zero-order valence-electron chi connectivity index (χ0n) is 16.4. The summed E-state index contributed by atoms with van der Waals surface area (Å²) in [6, 6.07) is 9.97. The fourth-order valence-electron chi connectivity index (χ4n) is 3.25. The summed E-state index contributed by atoms with van der Waals surface area (Å²) in [4.78, 5) is 18.6. The summed E-state index contributed by atoms with van der Waals surface area (Å²) in [5.74, 6) is 0.613. The van der Waals surface area contributed by atoms with Gasteiger partial charge in [0.15, 0.2) is 5.96 Å². The largest absolute Gasteiger partial charge is 0.396 e. The van der Waals surface area contributed by atoms with Gasteiger partial charge in [0.25, 0.3) is 0 Å². The zero-order valence-corrected chi connectivity index (χ0v) is 16.4. The van der Waals surface area contributed by atoms with Crippen LogP contribution in [0.25, 0.3) is 0 Å². The topological polar surface area (TPSA) is 86.2 Å². The number of nitrogens with one attached hydrogen (secondary N) is 2. The van der Waals surface area contributed by atoms with Crippen molar-refractivity contribution in [1.29, 1.82) is 0 Å². The Morgan fingerprint density at radius 2 is 2.11 bits per heavy atom. The van der Waals surface area contributed by atoms with Crippen LogP contribution in [0.5, 0.6) is 0 Å². The van der Waals surface area contributed by atoms with E-state index in [0.717, 1.165) is 18.6 Å². The Morgan fingerprint density at radius 3 is 2.70 bits per heavy atom. The number of aliphatic hydroxyl groups excluding tert-OH is 1. The van der Waals surface area contributed by atoms with E-state index in [1.54, 1.807) is 7.05 Å². The molecule has 1 fully saturated rings. The van der Waals surface area contributed by atoms with E-state index in [1.807, 2.05) is 42.2 Å². The molecule has 1 aromatic rings. The van der Waals surface area contributed by atoms with Crippen LogP contribution in [0.4, 0.5) is 0 Å². The van der Waals surface area contributed by atoms with Crippen molar-refractivity contribution >= 4 is 11.9 Å². The molecule has 1 amide bonds. The summed E-state index contributed by atoms with van der Waals surface area (Å²) in [5.41, 5.74) is 1.04. The number of aliphatic hydroxyl groups is 1. The number of nitrogens with zero attached hydrogens (tertiary/aromatic N) is 2. The van der Waals surface area contributed by atoms with Crippen LogP contribution in [-0.2, 0) is 16.1 Å². The summed E-state index contributed by atoms with van der Waals surface area (Å²) in [7, 11) is 1.69. The molecule has 7 nitrogen and oxygen atoms in total. The highest BCUT2D eigenvalue weighted by atomic mass is 16.5. The van der Waals surface area contributed by atoms with Gasteiger partial charge in [0.05, 0.1) is 13.2 Å². The molecule has 1 aliphatic rings. The summed E-state index contributed by atoms with van der Waals surface area (Å²) < 4.78 is 5.51. The van der Waals surface area contributed by atoms with Gasteiger partial charge in [-0.05, 0) is 25.3 Å². The highest BCUT2D eigenvalue weighted by Crippen LogP contribution is 2.31. The maximum Gasteiger partial charge on any atom is 0.242 e. The Bertz CT molecular complexity index is 601. The number of guanidine groups is 1. The molecule has 1 aromatic carbocycles. The Morgan fingerprint density at radius 1 is 1.33 bits per heavy atom.